The van der Waals surface area contributed by atoms with E-state index in [1.807, 2.05) is 0 Å². The smallest absolute Gasteiger partial charge is 0.243 e. The van der Waals surface area contributed by atoms with Gasteiger partial charge in [-0.1, -0.05) is 0 Å². The Morgan fingerprint density at radius 1 is 1.22 bits per heavy atom. The Balaban J connectivity index is 1.63. The molecule has 5 nitrogen and oxygen atoms in total. The first-order valence-corrected chi connectivity index (χ1v) is 9.46. The van der Waals surface area contributed by atoms with Crippen LogP contribution in [-0.2, 0) is 14.8 Å². The van der Waals surface area contributed by atoms with E-state index in [2.05, 4.69) is 4.90 Å². The molecule has 0 amide bonds. The highest BCUT2D eigenvalue weighted by molar-refractivity contribution is 7.89. The Hall–Kier alpha value is -1.02. The molecule has 0 saturated carbocycles. The van der Waals surface area contributed by atoms with E-state index < -0.39 is 15.8 Å². The van der Waals surface area contributed by atoms with Gasteiger partial charge in [-0.15, -0.1) is 0 Å². The lowest BCUT2D eigenvalue weighted by molar-refractivity contribution is 0.143. The van der Waals surface area contributed by atoms with E-state index in [-0.39, 0.29) is 4.90 Å². The summed E-state index contributed by atoms with van der Waals surface area (Å²) >= 11 is 0. The molecule has 2 fully saturated rings. The Morgan fingerprint density at radius 3 is 2.57 bits per heavy atom. The van der Waals surface area contributed by atoms with Crippen molar-refractivity contribution in [3.8, 4) is 0 Å². The molecule has 0 aromatic heterocycles. The van der Waals surface area contributed by atoms with Gasteiger partial charge in [0.05, 0.1) is 11.5 Å². The fraction of sp³-hybridized carbons (Fsp3) is 0.625. The summed E-state index contributed by atoms with van der Waals surface area (Å²) < 4.78 is 45.7. The van der Waals surface area contributed by atoms with Crippen molar-refractivity contribution in [1.82, 2.24) is 9.21 Å². The molecule has 3 rings (SSSR count). The fourth-order valence-corrected chi connectivity index (χ4v) is 4.78. The molecule has 0 N–H and O–H groups in total. The second-order valence-corrected chi connectivity index (χ2v) is 8.34. The molecule has 0 bridgehead atoms. The van der Waals surface area contributed by atoms with E-state index >= 15 is 0 Å². The summed E-state index contributed by atoms with van der Waals surface area (Å²) in [5, 5.41) is 0. The maximum absolute atomic E-state index is 13.5. The molecule has 2 heterocycles. The maximum atomic E-state index is 13.5. The van der Waals surface area contributed by atoms with Crippen molar-refractivity contribution in [2.45, 2.75) is 18.2 Å². The number of piperazine rings is 1. The number of aryl methyl sites for hydroxylation is 1. The Kier molecular flexibility index (Phi) is 5.01. The third-order valence-electron chi connectivity index (χ3n) is 4.53. The van der Waals surface area contributed by atoms with Gasteiger partial charge in [0.2, 0.25) is 10.0 Å². The van der Waals surface area contributed by atoms with Gasteiger partial charge in [0.1, 0.15) is 5.82 Å². The van der Waals surface area contributed by atoms with Crippen LogP contribution in [0.4, 0.5) is 4.39 Å². The predicted molar refractivity (Wildman–Crippen MR) is 85.3 cm³/mol. The number of hydrogen-bond acceptors (Lipinski definition) is 4. The van der Waals surface area contributed by atoms with E-state index in [9.17, 15) is 12.8 Å². The summed E-state index contributed by atoms with van der Waals surface area (Å²) in [6.45, 7) is 6.63. The van der Waals surface area contributed by atoms with E-state index in [4.69, 9.17) is 4.74 Å². The zero-order valence-corrected chi connectivity index (χ0v) is 14.2. The fourth-order valence-electron chi connectivity index (χ4n) is 3.25. The van der Waals surface area contributed by atoms with Gasteiger partial charge in [0, 0.05) is 39.3 Å². The van der Waals surface area contributed by atoms with Crippen LogP contribution in [0, 0.1) is 18.7 Å². The molecule has 23 heavy (non-hydrogen) atoms. The minimum atomic E-state index is -3.62. The van der Waals surface area contributed by atoms with Crippen LogP contribution in [0.3, 0.4) is 0 Å². The number of nitrogens with zero attached hydrogens (tertiary/aromatic N) is 2. The van der Waals surface area contributed by atoms with Crippen LogP contribution in [0.2, 0.25) is 0 Å². The summed E-state index contributed by atoms with van der Waals surface area (Å²) in [5.74, 6) is 0.0486. The summed E-state index contributed by atoms with van der Waals surface area (Å²) in [5.41, 5.74) is 0.614. The Morgan fingerprint density at radius 2 is 1.96 bits per heavy atom. The van der Waals surface area contributed by atoms with Gasteiger partial charge in [-0.2, -0.15) is 4.31 Å². The SMILES string of the molecule is Cc1cc(F)cc(S(=O)(=O)N2CCN(C[C@@H]3CCOC3)CC2)c1. The van der Waals surface area contributed by atoms with Crippen molar-refractivity contribution in [2.24, 2.45) is 5.92 Å². The molecule has 7 heteroatoms. The minimum absolute atomic E-state index is 0.0487. The quantitative estimate of drug-likeness (QED) is 0.832. The second-order valence-electron chi connectivity index (χ2n) is 6.40. The third-order valence-corrected chi connectivity index (χ3v) is 6.40. The van der Waals surface area contributed by atoms with Crippen LogP contribution < -0.4 is 0 Å². The van der Waals surface area contributed by atoms with E-state index in [1.165, 1.54) is 16.4 Å². The van der Waals surface area contributed by atoms with Crippen molar-refractivity contribution in [1.29, 1.82) is 0 Å². The standard InChI is InChI=1S/C16H23FN2O3S/c1-13-8-15(17)10-16(9-13)23(20,21)19-5-3-18(4-6-19)11-14-2-7-22-12-14/h8-10,14H,2-7,11-12H2,1H3/t14-/m0/s1. The van der Waals surface area contributed by atoms with Crippen LogP contribution in [0.25, 0.3) is 0 Å². The van der Waals surface area contributed by atoms with Crippen molar-refractivity contribution in [2.75, 3.05) is 45.9 Å². The first kappa shape index (κ1) is 16.8. The molecule has 1 aromatic carbocycles. The first-order valence-electron chi connectivity index (χ1n) is 8.02. The molecule has 128 valence electrons. The van der Waals surface area contributed by atoms with Gasteiger partial charge >= 0.3 is 0 Å². The zero-order valence-electron chi connectivity index (χ0n) is 13.4. The van der Waals surface area contributed by atoms with Gasteiger partial charge in [0.25, 0.3) is 0 Å². The lowest BCUT2D eigenvalue weighted by Crippen LogP contribution is -2.49. The van der Waals surface area contributed by atoms with Gasteiger partial charge < -0.3 is 9.64 Å². The maximum Gasteiger partial charge on any atom is 0.243 e. The summed E-state index contributed by atoms with van der Waals surface area (Å²) in [6.07, 6.45) is 1.08. The van der Waals surface area contributed by atoms with Gasteiger partial charge in [-0.3, -0.25) is 0 Å². The highest BCUT2D eigenvalue weighted by atomic mass is 32.2. The summed E-state index contributed by atoms with van der Waals surface area (Å²) in [4.78, 5) is 2.34. The average molecular weight is 342 g/mol. The summed E-state index contributed by atoms with van der Waals surface area (Å²) in [7, 11) is -3.62. The van der Waals surface area contributed by atoms with E-state index in [0.717, 1.165) is 32.2 Å². The highest BCUT2D eigenvalue weighted by Crippen LogP contribution is 2.21. The zero-order chi connectivity index (χ0) is 16.4. The third kappa shape index (κ3) is 3.91. The highest BCUT2D eigenvalue weighted by Gasteiger charge is 2.30. The van der Waals surface area contributed by atoms with Crippen LogP contribution in [0.5, 0.6) is 0 Å². The lowest BCUT2D eigenvalue weighted by atomic mass is 10.1. The van der Waals surface area contributed by atoms with Crippen LogP contribution >= 0.6 is 0 Å². The molecule has 2 aliphatic heterocycles. The van der Waals surface area contributed by atoms with Crippen LogP contribution in [0.1, 0.15) is 12.0 Å². The topological polar surface area (TPSA) is 49.9 Å². The number of ether oxygens (including phenoxy) is 1. The van der Waals surface area contributed by atoms with E-state index in [1.54, 1.807) is 6.92 Å². The number of hydrogen-bond donors (Lipinski definition) is 0. The molecule has 0 aliphatic carbocycles. The molecule has 2 aliphatic rings. The normalized spacial score (nSPS) is 24.2. The van der Waals surface area contributed by atoms with Gasteiger partial charge in [-0.25, -0.2) is 12.8 Å². The van der Waals surface area contributed by atoms with Crippen molar-refractivity contribution in [3.05, 3.63) is 29.6 Å². The molecule has 0 radical (unpaired) electrons. The number of halogens is 1. The number of benzene rings is 1. The Bertz CT molecular complexity index is 631. The van der Waals surface area contributed by atoms with Crippen molar-refractivity contribution < 1.29 is 17.5 Å². The molecule has 0 unspecified atom stereocenters. The second kappa shape index (κ2) is 6.84. The van der Waals surface area contributed by atoms with Gasteiger partial charge in [0.15, 0.2) is 0 Å². The van der Waals surface area contributed by atoms with Crippen molar-refractivity contribution >= 4 is 10.0 Å². The number of sulfonamides is 1. The molecule has 1 aromatic rings. The molecule has 1 atom stereocenters. The van der Waals surface area contributed by atoms with Crippen LogP contribution in [-0.4, -0.2) is 63.6 Å². The molecule has 0 spiro atoms. The molecular formula is C16H23FN2O3S. The first-order chi connectivity index (χ1) is 10.9. The monoisotopic (exact) mass is 342 g/mol. The molecule has 2 saturated heterocycles. The molecular weight excluding hydrogens is 319 g/mol. The minimum Gasteiger partial charge on any atom is -0.381 e. The lowest BCUT2D eigenvalue weighted by Gasteiger charge is -2.35. The average Bonchev–Trinajstić information content (AvgIpc) is 3.00. The van der Waals surface area contributed by atoms with E-state index in [0.29, 0.717) is 37.7 Å². The van der Waals surface area contributed by atoms with Crippen LogP contribution in [0.15, 0.2) is 23.1 Å². The largest absolute Gasteiger partial charge is 0.381 e. The summed E-state index contributed by atoms with van der Waals surface area (Å²) in [6, 6.07) is 3.96. The Labute approximate surface area is 137 Å². The van der Waals surface area contributed by atoms with Gasteiger partial charge in [-0.05, 0) is 43.0 Å². The predicted octanol–water partition coefficient (Wildman–Crippen LogP) is 1.48. The van der Waals surface area contributed by atoms with Crippen molar-refractivity contribution in [3.63, 3.8) is 0 Å². The number of rotatable bonds is 4.